The summed E-state index contributed by atoms with van der Waals surface area (Å²) >= 11 is 2.03. The van der Waals surface area contributed by atoms with Gasteiger partial charge in [-0.25, -0.2) is 0 Å². The molecule has 0 saturated carbocycles. The number of nitrogens with one attached hydrogen (secondary N) is 1. The first kappa shape index (κ1) is 18.7. The highest BCUT2D eigenvalue weighted by molar-refractivity contribution is 7.99. The molecule has 4 rings (SSSR count). The van der Waals surface area contributed by atoms with Crippen molar-refractivity contribution >= 4 is 39.9 Å². The number of aromatic nitrogens is 2. The average molecular weight is 394 g/mol. The van der Waals surface area contributed by atoms with Gasteiger partial charge in [0, 0.05) is 42.2 Å². The Kier molecular flexibility index (Phi) is 5.73. The van der Waals surface area contributed by atoms with E-state index in [0.717, 1.165) is 24.0 Å². The van der Waals surface area contributed by atoms with Crippen LogP contribution in [0.1, 0.15) is 16.1 Å². The molecular weight excluding hydrogens is 370 g/mol. The van der Waals surface area contributed by atoms with Gasteiger partial charge in [0.05, 0.1) is 11.2 Å². The minimum Gasteiger partial charge on any atom is -0.396 e. The molecule has 1 saturated heterocycles. The number of benzene rings is 2. The van der Waals surface area contributed by atoms with E-state index in [4.69, 9.17) is 5.73 Å². The normalized spacial score (nSPS) is 14.9. The molecule has 2 aromatic carbocycles. The number of carbonyl (C=O) groups excluding carboxylic acids is 1. The highest BCUT2D eigenvalue weighted by Crippen LogP contribution is 2.22. The lowest BCUT2D eigenvalue weighted by atomic mass is 10.1. The first-order chi connectivity index (χ1) is 13.7. The van der Waals surface area contributed by atoms with Crippen molar-refractivity contribution in [2.45, 2.75) is 6.42 Å². The number of nitrogens with two attached hydrogens (primary N) is 1. The summed E-state index contributed by atoms with van der Waals surface area (Å²) in [5.74, 6) is 2.10. The van der Waals surface area contributed by atoms with E-state index < -0.39 is 0 Å². The standard InChI is InChI=1S/C21H23N5OS/c22-19-17-3-1-2-4-18(17)24-25-20(19)21(27)23-16-7-5-15(6-8-16)9-10-26-11-13-28-14-12-26/h1-8H,9-14H2,(H2,22,24)(H,23,27). The van der Waals surface area contributed by atoms with Gasteiger partial charge >= 0.3 is 0 Å². The van der Waals surface area contributed by atoms with Gasteiger partial charge in [-0.2, -0.15) is 11.8 Å². The van der Waals surface area contributed by atoms with E-state index in [-0.39, 0.29) is 11.6 Å². The van der Waals surface area contributed by atoms with Crippen LogP contribution in [-0.4, -0.2) is 52.1 Å². The van der Waals surface area contributed by atoms with Crippen LogP contribution >= 0.6 is 11.8 Å². The molecule has 1 amide bonds. The molecule has 0 aliphatic carbocycles. The summed E-state index contributed by atoms with van der Waals surface area (Å²) in [5, 5.41) is 11.7. The molecule has 2 heterocycles. The molecule has 0 unspecified atom stereocenters. The van der Waals surface area contributed by atoms with E-state index >= 15 is 0 Å². The first-order valence-electron chi connectivity index (χ1n) is 9.42. The number of nitrogens with zero attached hydrogens (tertiary/aromatic N) is 3. The van der Waals surface area contributed by atoms with E-state index in [2.05, 4.69) is 32.5 Å². The fourth-order valence-corrected chi connectivity index (χ4v) is 4.28. The zero-order chi connectivity index (χ0) is 19.3. The Hall–Kier alpha value is -2.64. The minimum absolute atomic E-state index is 0.144. The Morgan fingerprint density at radius 1 is 1.07 bits per heavy atom. The average Bonchev–Trinajstić information content (AvgIpc) is 2.74. The molecule has 1 aromatic heterocycles. The number of carbonyl (C=O) groups is 1. The maximum absolute atomic E-state index is 12.6. The van der Waals surface area contributed by atoms with Crippen LogP contribution in [-0.2, 0) is 6.42 Å². The van der Waals surface area contributed by atoms with Crippen molar-refractivity contribution in [3.05, 3.63) is 59.8 Å². The van der Waals surface area contributed by atoms with E-state index in [9.17, 15) is 4.79 Å². The van der Waals surface area contributed by atoms with E-state index in [0.29, 0.717) is 11.2 Å². The Morgan fingerprint density at radius 3 is 2.61 bits per heavy atom. The summed E-state index contributed by atoms with van der Waals surface area (Å²) in [6, 6.07) is 15.3. The van der Waals surface area contributed by atoms with Crippen LogP contribution in [0.4, 0.5) is 11.4 Å². The molecule has 3 N–H and O–H groups in total. The van der Waals surface area contributed by atoms with Gasteiger partial charge in [-0.3, -0.25) is 4.79 Å². The predicted molar refractivity (Wildman–Crippen MR) is 116 cm³/mol. The Labute approximate surface area is 168 Å². The lowest BCUT2D eigenvalue weighted by Gasteiger charge is -2.26. The molecule has 6 nitrogen and oxygen atoms in total. The third-order valence-electron chi connectivity index (χ3n) is 4.95. The van der Waals surface area contributed by atoms with Crippen molar-refractivity contribution in [2.75, 3.05) is 42.2 Å². The third-order valence-corrected chi connectivity index (χ3v) is 5.90. The molecule has 0 bridgehead atoms. The number of rotatable bonds is 5. The van der Waals surface area contributed by atoms with Crippen molar-refractivity contribution in [3.8, 4) is 0 Å². The summed E-state index contributed by atoms with van der Waals surface area (Å²) < 4.78 is 0. The van der Waals surface area contributed by atoms with Gasteiger partial charge in [0.25, 0.3) is 5.91 Å². The second-order valence-electron chi connectivity index (χ2n) is 6.83. The Bertz CT molecular complexity index is 970. The molecule has 28 heavy (non-hydrogen) atoms. The Morgan fingerprint density at radius 2 is 1.82 bits per heavy atom. The molecular formula is C21H23N5OS. The van der Waals surface area contributed by atoms with Crippen LogP contribution < -0.4 is 11.1 Å². The molecule has 3 aromatic rings. The Balaban J connectivity index is 1.40. The monoisotopic (exact) mass is 393 g/mol. The summed E-state index contributed by atoms with van der Waals surface area (Å²) in [6.45, 7) is 3.43. The molecule has 0 radical (unpaired) electrons. The van der Waals surface area contributed by atoms with Crippen LogP contribution in [0.2, 0.25) is 0 Å². The number of amides is 1. The fraction of sp³-hybridized carbons (Fsp3) is 0.286. The van der Waals surface area contributed by atoms with Gasteiger partial charge in [0.15, 0.2) is 5.69 Å². The maximum atomic E-state index is 12.6. The number of thioether (sulfide) groups is 1. The molecule has 144 valence electrons. The first-order valence-corrected chi connectivity index (χ1v) is 10.6. The van der Waals surface area contributed by atoms with Crippen molar-refractivity contribution in [1.29, 1.82) is 0 Å². The third kappa shape index (κ3) is 4.26. The number of hydrogen-bond acceptors (Lipinski definition) is 6. The maximum Gasteiger partial charge on any atom is 0.278 e. The van der Waals surface area contributed by atoms with Crippen LogP contribution in [0.5, 0.6) is 0 Å². The topological polar surface area (TPSA) is 84.1 Å². The number of anilines is 2. The largest absolute Gasteiger partial charge is 0.396 e. The quantitative estimate of drug-likeness (QED) is 0.693. The number of hydrogen-bond donors (Lipinski definition) is 2. The smallest absolute Gasteiger partial charge is 0.278 e. The van der Waals surface area contributed by atoms with Gasteiger partial charge in [-0.15, -0.1) is 10.2 Å². The van der Waals surface area contributed by atoms with Crippen molar-refractivity contribution in [3.63, 3.8) is 0 Å². The van der Waals surface area contributed by atoms with Crippen LogP contribution in [0.15, 0.2) is 48.5 Å². The number of fused-ring (bicyclic) bond motifs is 1. The van der Waals surface area contributed by atoms with Gasteiger partial charge in [0.1, 0.15) is 0 Å². The second kappa shape index (κ2) is 8.58. The van der Waals surface area contributed by atoms with Crippen molar-refractivity contribution < 1.29 is 4.79 Å². The van der Waals surface area contributed by atoms with Crippen LogP contribution in [0, 0.1) is 0 Å². The molecule has 0 atom stereocenters. The highest BCUT2D eigenvalue weighted by atomic mass is 32.2. The lowest BCUT2D eigenvalue weighted by Crippen LogP contribution is -2.34. The summed E-state index contributed by atoms with van der Waals surface area (Å²) in [4.78, 5) is 15.1. The summed E-state index contributed by atoms with van der Waals surface area (Å²) in [7, 11) is 0. The van der Waals surface area contributed by atoms with Crippen LogP contribution in [0.25, 0.3) is 10.9 Å². The molecule has 1 aliphatic rings. The highest BCUT2D eigenvalue weighted by Gasteiger charge is 2.15. The molecule has 0 spiro atoms. The second-order valence-corrected chi connectivity index (χ2v) is 8.06. The predicted octanol–water partition coefficient (Wildman–Crippen LogP) is 3.06. The van der Waals surface area contributed by atoms with Gasteiger partial charge in [0.2, 0.25) is 0 Å². The molecule has 7 heteroatoms. The zero-order valence-electron chi connectivity index (χ0n) is 15.6. The van der Waals surface area contributed by atoms with Gasteiger partial charge in [-0.1, -0.05) is 30.3 Å². The lowest BCUT2D eigenvalue weighted by molar-refractivity contribution is 0.102. The summed E-state index contributed by atoms with van der Waals surface area (Å²) in [6.07, 6.45) is 1.02. The van der Waals surface area contributed by atoms with Crippen molar-refractivity contribution in [1.82, 2.24) is 15.1 Å². The van der Waals surface area contributed by atoms with Crippen LogP contribution in [0.3, 0.4) is 0 Å². The van der Waals surface area contributed by atoms with Crippen molar-refractivity contribution in [2.24, 2.45) is 0 Å². The van der Waals surface area contributed by atoms with Gasteiger partial charge in [-0.05, 0) is 30.2 Å². The molecule has 1 fully saturated rings. The SMILES string of the molecule is Nc1c(C(=O)Nc2ccc(CCN3CCSCC3)cc2)nnc2ccccc12. The van der Waals surface area contributed by atoms with E-state index in [1.165, 1.54) is 30.2 Å². The van der Waals surface area contributed by atoms with Gasteiger partial charge < -0.3 is 16.0 Å². The number of nitrogen functional groups attached to an aromatic ring is 1. The summed E-state index contributed by atoms with van der Waals surface area (Å²) in [5.41, 5.74) is 9.29. The molecule has 1 aliphatic heterocycles. The fourth-order valence-electron chi connectivity index (χ4n) is 3.30. The minimum atomic E-state index is -0.352. The van der Waals surface area contributed by atoms with E-state index in [1.807, 2.05) is 48.2 Å². The zero-order valence-corrected chi connectivity index (χ0v) is 16.4. The van der Waals surface area contributed by atoms with E-state index in [1.54, 1.807) is 0 Å².